The Morgan fingerprint density at radius 1 is 1.12 bits per heavy atom. The van der Waals surface area contributed by atoms with Gasteiger partial charge in [-0.1, -0.05) is 27.7 Å². The molecule has 0 amide bonds. The third-order valence-electron chi connectivity index (χ3n) is 5.18. The Labute approximate surface area is 108 Å². The van der Waals surface area contributed by atoms with E-state index in [2.05, 4.69) is 38.3 Å². The van der Waals surface area contributed by atoms with Crippen molar-refractivity contribution in [1.82, 2.24) is 10.6 Å². The Bertz CT molecular complexity index is 195. The fourth-order valence-corrected chi connectivity index (χ4v) is 3.11. The average Bonchev–Trinajstić information content (AvgIpc) is 2.42. The van der Waals surface area contributed by atoms with E-state index in [1.54, 1.807) is 0 Å². The molecule has 1 heterocycles. The molecule has 0 aromatic heterocycles. The highest BCUT2D eigenvalue weighted by atomic mass is 15.0. The first-order chi connectivity index (χ1) is 8.16. The van der Waals surface area contributed by atoms with Crippen LogP contribution in [0, 0.1) is 5.41 Å². The van der Waals surface area contributed by atoms with Crippen molar-refractivity contribution in [3.63, 3.8) is 0 Å². The molecule has 0 aromatic rings. The summed E-state index contributed by atoms with van der Waals surface area (Å²) in [6.45, 7) is 12.9. The number of rotatable bonds is 7. The summed E-state index contributed by atoms with van der Waals surface area (Å²) in [5, 5.41) is 7.48. The van der Waals surface area contributed by atoms with Crippen LogP contribution in [0.1, 0.15) is 66.2 Å². The molecule has 1 rings (SSSR count). The lowest BCUT2D eigenvalue weighted by atomic mass is 9.77. The number of piperidine rings is 1. The summed E-state index contributed by atoms with van der Waals surface area (Å²) in [4.78, 5) is 0. The van der Waals surface area contributed by atoms with Gasteiger partial charge in [0.2, 0.25) is 0 Å². The highest BCUT2D eigenvalue weighted by molar-refractivity contribution is 4.91. The van der Waals surface area contributed by atoms with E-state index in [4.69, 9.17) is 0 Å². The molecule has 0 radical (unpaired) electrons. The van der Waals surface area contributed by atoms with Gasteiger partial charge in [-0.15, -0.1) is 0 Å². The van der Waals surface area contributed by atoms with Crippen LogP contribution in [0.3, 0.4) is 0 Å². The van der Waals surface area contributed by atoms with Gasteiger partial charge < -0.3 is 10.6 Å². The molecule has 102 valence electrons. The van der Waals surface area contributed by atoms with Gasteiger partial charge in [-0.2, -0.15) is 0 Å². The van der Waals surface area contributed by atoms with Gasteiger partial charge in [-0.3, -0.25) is 0 Å². The van der Waals surface area contributed by atoms with Crippen molar-refractivity contribution in [2.24, 2.45) is 5.41 Å². The molecule has 1 saturated heterocycles. The minimum absolute atomic E-state index is 0.375. The zero-order chi connectivity index (χ0) is 12.8. The van der Waals surface area contributed by atoms with Crippen LogP contribution < -0.4 is 10.6 Å². The van der Waals surface area contributed by atoms with Crippen LogP contribution in [0.2, 0.25) is 0 Å². The molecule has 0 aliphatic carbocycles. The van der Waals surface area contributed by atoms with Gasteiger partial charge in [0.25, 0.3) is 0 Å². The SMILES string of the molecule is CCC1(CNC(CC)(CC)CC)CCCNC1. The van der Waals surface area contributed by atoms with Crippen LogP contribution in [0.4, 0.5) is 0 Å². The predicted octanol–water partition coefficient (Wildman–Crippen LogP) is 3.32. The number of nitrogens with one attached hydrogen (secondary N) is 2. The fourth-order valence-electron chi connectivity index (χ4n) is 3.11. The van der Waals surface area contributed by atoms with Crippen molar-refractivity contribution in [3.8, 4) is 0 Å². The van der Waals surface area contributed by atoms with Crippen LogP contribution >= 0.6 is 0 Å². The normalized spacial score (nSPS) is 26.1. The minimum atomic E-state index is 0.375. The van der Waals surface area contributed by atoms with Crippen LogP contribution in [-0.2, 0) is 0 Å². The molecule has 1 atom stereocenters. The molecule has 0 bridgehead atoms. The highest BCUT2D eigenvalue weighted by Gasteiger charge is 2.33. The standard InChI is InChI=1S/C15H32N2/c1-5-14(10-9-11-16-12-14)13-17-15(6-2,7-3)8-4/h16-17H,5-13H2,1-4H3. The first-order valence-electron chi connectivity index (χ1n) is 7.61. The molecule has 0 saturated carbocycles. The summed E-state index contributed by atoms with van der Waals surface area (Å²) in [7, 11) is 0. The molecule has 1 aliphatic rings. The smallest absolute Gasteiger partial charge is 0.0173 e. The molecule has 0 spiro atoms. The molecule has 2 heteroatoms. The summed E-state index contributed by atoms with van der Waals surface area (Å²) in [5.41, 5.74) is 0.878. The predicted molar refractivity (Wildman–Crippen MR) is 76.4 cm³/mol. The largest absolute Gasteiger partial charge is 0.316 e. The minimum Gasteiger partial charge on any atom is -0.316 e. The van der Waals surface area contributed by atoms with Gasteiger partial charge in [0, 0.05) is 18.6 Å². The summed E-state index contributed by atoms with van der Waals surface area (Å²) in [6, 6.07) is 0. The third kappa shape index (κ3) is 3.69. The number of hydrogen-bond acceptors (Lipinski definition) is 2. The molecule has 2 N–H and O–H groups in total. The van der Waals surface area contributed by atoms with Gasteiger partial charge in [0.15, 0.2) is 0 Å². The van der Waals surface area contributed by atoms with Gasteiger partial charge in [-0.25, -0.2) is 0 Å². The molecular weight excluding hydrogens is 208 g/mol. The second kappa shape index (κ2) is 6.75. The van der Waals surface area contributed by atoms with E-state index in [-0.39, 0.29) is 0 Å². The Kier molecular flexibility index (Phi) is 5.94. The van der Waals surface area contributed by atoms with Crippen molar-refractivity contribution >= 4 is 0 Å². The van der Waals surface area contributed by atoms with E-state index in [9.17, 15) is 0 Å². The van der Waals surface area contributed by atoms with Crippen molar-refractivity contribution in [2.75, 3.05) is 19.6 Å². The quantitative estimate of drug-likeness (QED) is 0.713. The Morgan fingerprint density at radius 3 is 2.18 bits per heavy atom. The summed E-state index contributed by atoms with van der Waals surface area (Å²) >= 11 is 0. The van der Waals surface area contributed by atoms with Crippen LogP contribution in [0.25, 0.3) is 0 Å². The van der Waals surface area contributed by atoms with E-state index in [1.165, 1.54) is 58.2 Å². The highest BCUT2D eigenvalue weighted by Crippen LogP contribution is 2.31. The number of hydrogen-bond donors (Lipinski definition) is 2. The molecule has 1 aliphatic heterocycles. The molecule has 17 heavy (non-hydrogen) atoms. The van der Waals surface area contributed by atoms with Crippen molar-refractivity contribution in [3.05, 3.63) is 0 Å². The van der Waals surface area contributed by atoms with Crippen molar-refractivity contribution in [2.45, 2.75) is 71.8 Å². The van der Waals surface area contributed by atoms with Crippen LogP contribution in [-0.4, -0.2) is 25.2 Å². The van der Waals surface area contributed by atoms with Crippen LogP contribution in [0.5, 0.6) is 0 Å². The first-order valence-corrected chi connectivity index (χ1v) is 7.61. The Morgan fingerprint density at radius 2 is 1.76 bits per heavy atom. The monoisotopic (exact) mass is 240 g/mol. The van der Waals surface area contributed by atoms with E-state index in [0.29, 0.717) is 11.0 Å². The lowest BCUT2D eigenvalue weighted by Gasteiger charge is -2.42. The maximum absolute atomic E-state index is 3.90. The first kappa shape index (κ1) is 15.0. The molecule has 0 aromatic carbocycles. The maximum Gasteiger partial charge on any atom is 0.0173 e. The lowest BCUT2D eigenvalue weighted by Crippen LogP contribution is -2.52. The van der Waals surface area contributed by atoms with Crippen molar-refractivity contribution in [1.29, 1.82) is 0 Å². The molecule has 2 nitrogen and oxygen atoms in total. The van der Waals surface area contributed by atoms with E-state index in [0.717, 1.165) is 0 Å². The molecule has 1 fully saturated rings. The third-order valence-corrected chi connectivity index (χ3v) is 5.18. The Hall–Kier alpha value is -0.0800. The van der Waals surface area contributed by atoms with Gasteiger partial charge in [0.1, 0.15) is 0 Å². The summed E-state index contributed by atoms with van der Waals surface area (Å²) < 4.78 is 0. The maximum atomic E-state index is 3.90. The van der Waals surface area contributed by atoms with Gasteiger partial charge >= 0.3 is 0 Å². The average molecular weight is 240 g/mol. The lowest BCUT2D eigenvalue weighted by molar-refractivity contribution is 0.158. The van der Waals surface area contributed by atoms with Crippen LogP contribution in [0.15, 0.2) is 0 Å². The van der Waals surface area contributed by atoms with E-state index < -0.39 is 0 Å². The zero-order valence-electron chi connectivity index (χ0n) is 12.4. The zero-order valence-corrected chi connectivity index (χ0v) is 12.4. The fraction of sp³-hybridized carbons (Fsp3) is 1.00. The topological polar surface area (TPSA) is 24.1 Å². The molecular formula is C15H32N2. The Balaban J connectivity index is 2.56. The summed E-state index contributed by atoms with van der Waals surface area (Å²) in [5.74, 6) is 0. The molecule has 1 unspecified atom stereocenters. The van der Waals surface area contributed by atoms with E-state index in [1.807, 2.05) is 0 Å². The van der Waals surface area contributed by atoms with Crippen molar-refractivity contribution < 1.29 is 0 Å². The summed E-state index contributed by atoms with van der Waals surface area (Å²) in [6.07, 6.45) is 7.75. The van der Waals surface area contributed by atoms with Gasteiger partial charge in [0.05, 0.1) is 0 Å². The van der Waals surface area contributed by atoms with E-state index >= 15 is 0 Å². The second-order valence-electron chi connectivity index (χ2n) is 5.83. The van der Waals surface area contributed by atoms with Gasteiger partial charge in [-0.05, 0) is 50.5 Å². The second-order valence-corrected chi connectivity index (χ2v) is 5.83.